The van der Waals surface area contributed by atoms with Gasteiger partial charge in [-0.1, -0.05) is 24.3 Å². The molecule has 0 radical (unpaired) electrons. The summed E-state index contributed by atoms with van der Waals surface area (Å²) in [6.07, 6.45) is 8.56. The molecule has 0 saturated carbocycles. The fourth-order valence-electron chi connectivity index (χ4n) is 2.57. The van der Waals surface area contributed by atoms with Crippen LogP contribution in [-0.4, -0.2) is 22.1 Å². The highest BCUT2D eigenvalue weighted by molar-refractivity contribution is 6.33. The van der Waals surface area contributed by atoms with Crippen LogP contribution in [0.15, 0.2) is 46.6 Å². The predicted molar refractivity (Wildman–Crippen MR) is 64.8 cm³/mol. The smallest absolute Gasteiger partial charge is 0.280 e. The van der Waals surface area contributed by atoms with Gasteiger partial charge in [0.25, 0.3) is 5.71 Å². The number of hydrogen-bond acceptors (Lipinski definition) is 2. The Morgan fingerprint density at radius 3 is 2.83 bits per heavy atom. The number of carbonyl (C=O) groups is 2. The molecule has 18 heavy (non-hydrogen) atoms. The lowest BCUT2D eigenvalue weighted by atomic mass is 9.77. The molecule has 0 aromatic heterocycles. The first-order valence-corrected chi connectivity index (χ1v) is 5.79. The van der Waals surface area contributed by atoms with Crippen LogP contribution < -0.4 is 0 Å². The number of hydrogen-bond donors (Lipinski definition) is 0. The molecule has 3 aliphatic rings. The molecule has 0 atom stereocenters. The molecule has 0 N–H and O–H groups in total. The van der Waals surface area contributed by atoms with Gasteiger partial charge in [-0.2, -0.15) is 4.79 Å². The Labute approximate surface area is 104 Å². The van der Waals surface area contributed by atoms with E-state index in [0.29, 0.717) is 29.7 Å². The molecular formula is C14H10N2O2. The van der Waals surface area contributed by atoms with E-state index in [1.165, 1.54) is 0 Å². The summed E-state index contributed by atoms with van der Waals surface area (Å²) in [5.41, 5.74) is 11.7. The van der Waals surface area contributed by atoms with Crippen LogP contribution in [0.1, 0.15) is 19.3 Å². The van der Waals surface area contributed by atoms with E-state index >= 15 is 0 Å². The summed E-state index contributed by atoms with van der Waals surface area (Å²) in [7, 11) is 0. The van der Waals surface area contributed by atoms with Crippen LogP contribution in [0, 0.1) is 0 Å². The Hall–Kier alpha value is -2.32. The quantitative estimate of drug-likeness (QED) is 0.366. The fourth-order valence-corrected chi connectivity index (χ4v) is 2.57. The summed E-state index contributed by atoms with van der Waals surface area (Å²) in [5.74, 6) is -0.436. The lowest BCUT2D eigenvalue weighted by molar-refractivity contribution is -0.119. The summed E-state index contributed by atoms with van der Waals surface area (Å²) >= 11 is 0. The second kappa shape index (κ2) is 3.86. The van der Waals surface area contributed by atoms with Crippen molar-refractivity contribution < 1.29 is 14.4 Å². The highest BCUT2D eigenvalue weighted by Crippen LogP contribution is 2.34. The summed E-state index contributed by atoms with van der Waals surface area (Å²) in [6, 6.07) is 0. The maximum absolute atomic E-state index is 12.3. The maximum Gasteiger partial charge on any atom is 0.280 e. The average molecular weight is 238 g/mol. The highest BCUT2D eigenvalue weighted by Gasteiger charge is 2.37. The van der Waals surface area contributed by atoms with Crippen LogP contribution in [-0.2, 0) is 9.59 Å². The maximum atomic E-state index is 12.3. The van der Waals surface area contributed by atoms with Crippen molar-refractivity contribution in [2.45, 2.75) is 19.3 Å². The van der Waals surface area contributed by atoms with Crippen LogP contribution >= 0.6 is 0 Å². The molecular weight excluding hydrogens is 228 g/mol. The molecule has 0 bridgehead atoms. The molecule has 0 unspecified atom stereocenters. The SMILES string of the molecule is [N-]=[N+]=C1CC(=O)C2=C(C=C3CC=CC=C3C2=O)C1. The van der Waals surface area contributed by atoms with E-state index in [1.807, 2.05) is 18.2 Å². The second-order valence-corrected chi connectivity index (χ2v) is 4.55. The first-order chi connectivity index (χ1) is 8.70. The summed E-state index contributed by atoms with van der Waals surface area (Å²) in [4.78, 5) is 27.3. The van der Waals surface area contributed by atoms with Crippen LogP contribution in [0.2, 0.25) is 0 Å². The molecule has 4 heteroatoms. The summed E-state index contributed by atoms with van der Waals surface area (Å²) in [5, 5.41) is 0. The number of Topliss-reactive ketones (excluding diaryl/α,β-unsaturated/α-hetero) is 2. The minimum atomic E-state index is -0.250. The average Bonchev–Trinajstić information content (AvgIpc) is 2.38. The number of rotatable bonds is 0. The van der Waals surface area contributed by atoms with Crippen molar-refractivity contribution in [2.75, 3.05) is 0 Å². The number of nitrogens with zero attached hydrogens (tertiary/aromatic N) is 2. The van der Waals surface area contributed by atoms with Crippen molar-refractivity contribution in [3.05, 3.63) is 52.1 Å². The van der Waals surface area contributed by atoms with Crippen molar-refractivity contribution >= 4 is 17.3 Å². The van der Waals surface area contributed by atoms with E-state index < -0.39 is 0 Å². The zero-order valence-corrected chi connectivity index (χ0v) is 9.64. The van der Waals surface area contributed by atoms with Gasteiger partial charge in [0.05, 0.1) is 12.0 Å². The van der Waals surface area contributed by atoms with E-state index in [1.54, 1.807) is 6.08 Å². The molecule has 3 aliphatic carbocycles. The van der Waals surface area contributed by atoms with Crippen molar-refractivity contribution in [3.63, 3.8) is 0 Å². The second-order valence-electron chi connectivity index (χ2n) is 4.55. The van der Waals surface area contributed by atoms with Crippen molar-refractivity contribution in [3.8, 4) is 0 Å². The van der Waals surface area contributed by atoms with Gasteiger partial charge in [0.1, 0.15) is 6.42 Å². The van der Waals surface area contributed by atoms with Gasteiger partial charge in [-0.15, -0.1) is 0 Å². The molecule has 3 rings (SSSR count). The van der Waals surface area contributed by atoms with E-state index in [9.17, 15) is 9.59 Å². The Bertz CT molecular complexity index is 653. The first kappa shape index (κ1) is 10.8. The van der Waals surface area contributed by atoms with Crippen LogP contribution in [0.5, 0.6) is 0 Å². The predicted octanol–water partition coefficient (Wildman–Crippen LogP) is 1.71. The van der Waals surface area contributed by atoms with E-state index in [4.69, 9.17) is 5.53 Å². The molecule has 0 aromatic rings. The zero-order chi connectivity index (χ0) is 12.7. The zero-order valence-electron chi connectivity index (χ0n) is 9.64. The molecule has 0 spiro atoms. The van der Waals surface area contributed by atoms with Gasteiger partial charge in [-0.3, -0.25) is 9.59 Å². The third-order valence-electron chi connectivity index (χ3n) is 3.40. The molecule has 4 nitrogen and oxygen atoms in total. The Morgan fingerprint density at radius 1 is 1.22 bits per heavy atom. The molecule has 0 amide bonds. The summed E-state index contributed by atoms with van der Waals surface area (Å²) in [6.45, 7) is 0. The lowest BCUT2D eigenvalue weighted by Crippen LogP contribution is -2.28. The molecule has 0 saturated heterocycles. The molecule has 0 aliphatic heterocycles. The van der Waals surface area contributed by atoms with Gasteiger partial charge in [0, 0.05) is 5.57 Å². The van der Waals surface area contributed by atoms with E-state index in [2.05, 4.69) is 4.79 Å². The monoisotopic (exact) mass is 238 g/mol. The Kier molecular flexibility index (Phi) is 2.32. The first-order valence-electron chi connectivity index (χ1n) is 5.79. The van der Waals surface area contributed by atoms with Crippen molar-refractivity contribution in [2.24, 2.45) is 0 Å². The lowest BCUT2D eigenvalue weighted by Gasteiger charge is -2.23. The van der Waals surface area contributed by atoms with Crippen molar-refractivity contribution in [1.29, 1.82) is 0 Å². The molecule has 0 aromatic carbocycles. The van der Waals surface area contributed by atoms with Gasteiger partial charge in [0.15, 0.2) is 11.6 Å². The standard InChI is InChI=1S/C14H10N2O2/c15-16-10-6-9-5-8-3-1-2-4-11(8)14(18)13(9)12(17)7-10/h1-2,4-5H,3,6-7H2. The third kappa shape index (κ3) is 1.47. The number of allylic oxidation sites excluding steroid dienone is 8. The van der Waals surface area contributed by atoms with Crippen LogP contribution in [0.3, 0.4) is 0 Å². The summed E-state index contributed by atoms with van der Waals surface area (Å²) < 4.78 is 0. The Morgan fingerprint density at radius 2 is 2.06 bits per heavy atom. The minimum absolute atomic E-state index is 0.0351. The van der Waals surface area contributed by atoms with E-state index in [-0.39, 0.29) is 23.6 Å². The van der Waals surface area contributed by atoms with Crippen LogP contribution in [0.4, 0.5) is 0 Å². The highest BCUT2D eigenvalue weighted by atomic mass is 16.1. The normalized spacial score (nSPS) is 22.1. The fraction of sp³-hybridized carbons (Fsp3) is 0.214. The number of carbonyl (C=O) groups excluding carboxylic acids is 2. The van der Waals surface area contributed by atoms with Gasteiger partial charge in [-0.25, -0.2) is 0 Å². The largest absolute Gasteiger partial charge is 0.362 e. The molecule has 0 heterocycles. The van der Waals surface area contributed by atoms with Crippen molar-refractivity contribution in [1.82, 2.24) is 0 Å². The number of fused-ring (bicyclic) bond motifs is 1. The van der Waals surface area contributed by atoms with E-state index in [0.717, 1.165) is 5.57 Å². The molecule has 0 fully saturated rings. The van der Waals surface area contributed by atoms with Gasteiger partial charge in [0.2, 0.25) is 0 Å². The minimum Gasteiger partial charge on any atom is -0.362 e. The number of ketones is 2. The molecule has 88 valence electrons. The van der Waals surface area contributed by atoms with Crippen LogP contribution in [0.25, 0.3) is 5.53 Å². The van der Waals surface area contributed by atoms with Gasteiger partial charge < -0.3 is 5.53 Å². The van der Waals surface area contributed by atoms with Gasteiger partial charge >= 0.3 is 0 Å². The van der Waals surface area contributed by atoms with Gasteiger partial charge in [-0.05, 0) is 17.6 Å². The Balaban J connectivity index is 2.16. The third-order valence-corrected chi connectivity index (χ3v) is 3.40. The topological polar surface area (TPSA) is 70.5 Å².